The van der Waals surface area contributed by atoms with Crippen LogP contribution in [0.25, 0.3) is 5.78 Å². The molecule has 2 aromatic heterocycles. The molecule has 2 amide bonds. The monoisotopic (exact) mass is 578 g/mol. The smallest absolute Gasteiger partial charge is 0.338 e. The molecule has 1 aliphatic carbocycles. The van der Waals surface area contributed by atoms with Crippen molar-refractivity contribution >= 4 is 35.2 Å². The van der Waals surface area contributed by atoms with Gasteiger partial charge in [0.15, 0.2) is 0 Å². The normalized spacial score (nSPS) is 14.5. The number of hydrogen-bond donors (Lipinski definition) is 2. The first-order chi connectivity index (χ1) is 19.4. The minimum Gasteiger partial charge on any atom is -0.456 e. The predicted octanol–water partition coefficient (Wildman–Crippen LogP) is 4.53. The second-order valence-electron chi connectivity index (χ2n) is 10.8. The standard InChI is InChI=1S/C29H28ClFN6O4/c1-15-17-8-10-22(19(17)7-6-18(15)27(40)41-29(2,3)4)35-26(39)24-12-23(36-28-33-14-34-37(24)28)25(38)32-13-16-5-9-21(31)20(30)11-16/h5-7,9,11-12,14,22H,8,10,13H2,1-4H3,(H,32,38)(H,35,39)/t22-/m0/s1. The van der Waals surface area contributed by atoms with E-state index < -0.39 is 23.2 Å². The number of carbonyl (C=O) groups excluding carboxylic acids is 3. The van der Waals surface area contributed by atoms with Crippen molar-refractivity contribution in [2.75, 3.05) is 0 Å². The third kappa shape index (κ3) is 5.90. The molecule has 0 radical (unpaired) electrons. The number of ether oxygens (including phenoxy) is 1. The van der Waals surface area contributed by atoms with Crippen molar-refractivity contribution < 1.29 is 23.5 Å². The van der Waals surface area contributed by atoms with E-state index in [4.69, 9.17) is 16.3 Å². The Morgan fingerprint density at radius 2 is 1.93 bits per heavy atom. The second kappa shape index (κ2) is 10.9. The molecule has 0 spiro atoms. The van der Waals surface area contributed by atoms with E-state index in [0.717, 1.165) is 16.7 Å². The van der Waals surface area contributed by atoms with Crippen molar-refractivity contribution in [3.63, 3.8) is 0 Å². The molecule has 0 aliphatic heterocycles. The Morgan fingerprint density at radius 3 is 2.66 bits per heavy atom. The van der Waals surface area contributed by atoms with Crippen LogP contribution in [-0.2, 0) is 17.7 Å². The Balaban J connectivity index is 1.35. The molecule has 1 aliphatic rings. The summed E-state index contributed by atoms with van der Waals surface area (Å²) < 4.78 is 20.3. The summed E-state index contributed by atoms with van der Waals surface area (Å²) in [5.41, 5.74) is 3.28. The second-order valence-corrected chi connectivity index (χ2v) is 11.2. The highest BCUT2D eigenvalue weighted by Gasteiger charge is 2.30. The van der Waals surface area contributed by atoms with Crippen molar-refractivity contribution in [3.05, 3.63) is 92.8 Å². The highest BCUT2D eigenvalue weighted by molar-refractivity contribution is 6.30. The number of nitrogens with zero attached hydrogens (tertiary/aromatic N) is 4. The molecular formula is C29H28ClFN6O4. The Hall–Kier alpha value is -4.38. The van der Waals surface area contributed by atoms with E-state index >= 15 is 0 Å². The SMILES string of the molecule is Cc1c(C(=O)OC(C)(C)C)ccc2c1CC[C@@H]2NC(=O)c1cc(C(=O)NCc2ccc(F)c(Cl)c2)nc2ncnn12. The average molecular weight is 579 g/mol. The lowest BCUT2D eigenvalue weighted by molar-refractivity contribution is 0.00683. The van der Waals surface area contributed by atoms with Gasteiger partial charge in [-0.15, -0.1) is 0 Å². The quantitative estimate of drug-likeness (QED) is 0.322. The van der Waals surface area contributed by atoms with E-state index in [0.29, 0.717) is 24.0 Å². The van der Waals surface area contributed by atoms with Gasteiger partial charge < -0.3 is 15.4 Å². The fourth-order valence-electron chi connectivity index (χ4n) is 4.83. The maximum atomic E-state index is 13.5. The third-order valence-electron chi connectivity index (χ3n) is 6.77. The molecule has 4 aromatic rings. The highest BCUT2D eigenvalue weighted by Crippen LogP contribution is 2.35. The molecule has 212 valence electrons. The van der Waals surface area contributed by atoms with Crippen molar-refractivity contribution in [1.82, 2.24) is 30.2 Å². The number of halogens is 2. The molecule has 12 heteroatoms. The van der Waals surface area contributed by atoms with Crippen LogP contribution < -0.4 is 10.6 Å². The van der Waals surface area contributed by atoms with Crippen LogP contribution >= 0.6 is 11.6 Å². The number of hydrogen-bond acceptors (Lipinski definition) is 7. The molecule has 0 unspecified atom stereocenters. The number of esters is 1. The van der Waals surface area contributed by atoms with Crippen LogP contribution in [0.15, 0.2) is 42.7 Å². The van der Waals surface area contributed by atoms with Crippen LogP contribution in [0.4, 0.5) is 4.39 Å². The topological polar surface area (TPSA) is 128 Å². The van der Waals surface area contributed by atoms with Crippen LogP contribution in [0.3, 0.4) is 0 Å². The molecule has 0 bridgehead atoms. The van der Waals surface area contributed by atoms with Crippen molar-refractivity contribution in [1.29, 1.82) is 0 Å². The van der Waals surface area contributed by atoms with Gasteiger partial charge in [0, 0.05) is 12.6 Å². The first kappa shape index (κ1) is 28.2. The van der Waals surface area contributed by atoms with Crippen LogP contribution in [0.1, 0.15) is 86.8 Å². The number of fused-ring (bicyclic) bond motifs is 2. The minimum atomic E-state index is -0.610. The summed E-state index contributed by atoms with van der Waals surface area (Å²) in [4.78, 5) is 47.4. The first-order valence-electron chi connectivity index (χ1n) is 13.0. The van der Waals surface area contributed by atoms with Gasteiger partial charge >= 0.3 is 5.97 Å². The zero-order chi connectivity index (χ0) is 29.5. The molecular weight excluding hydrogens is 551 g/mol. The van der Waals surface area contributed by atoms with Crippen LogP contribution in [0.5, 0.6) is 0 Å². The zero-order valence-corrected chi connectivity index (χ0v) is 23.7. The van der Waals surface area contributed by atoms with Gasteiger partial charge in [-0.25, -0.2) is 14.2 Å². The van der Waals surface area contributed by atoms with E-state index in [1.165, 1.54) is 35.1 Å². The van der Waals surface area contributed by atoms with Gasteiger partial charge in [-0.05, 0) is 81.0 Å². The minimum absolute atomic E-state index is 0.0338. The third-order valence-corrected chi connectivity index (χ3v) is 7.06. The lowest BCUT2D eigenvalue weighted by Gasteiger charge is -2.21. The van der Waals surface area contributed by atoms with Gasteiger partial charge in [0.2, 0.25) is 0 Å². The fourth-order valence-corrected chi connectivity index (χ4v) is 5.03. The number of amides is 2. The van der Waals surface area contributed by atoms with E-state index in [1.807, 2.05) is 33.8 Å². The zero-order valence-electron chi connectivity index (χ0n) is 22.9. The number of rotatable bonds is 6. The Bertz CT molecular complexity index is 1700. The molecule has 5 rings (SSSR count). The number of benzene rings is 2. The molecule has 1 atom stereocenters. The summed E-state index contributed by atoms with van der Waals surface area (Å²) in [6.07, 6.45) is 2.56. The molecule has 2 aromatic carbocycles. The Kier molecular flexibility index (Phi) is 7.48. The molecule has 0 saturated carbocycles. The van der Waals surface area contributed by atoms with Crippen molar-refractivity contribution in [2.45, 2.75) is 58.7 Å². The van der Waals surface area contributed by atoms with Gasteiger partial charge in [0.25, 0.3) is 17.6 Å². The highest BCUT2D eigenvalue weighted by atomic mass is 35.5. The average Bonchev–Trinajstić information content (AvgIpc) is 3.55. The van der Waals surface area contributed by atoms with Crippen LogP contribution in [-0.4, -0.2) is 43.0 Å². The Labute approximate surface area is 240 Å². The van der Waals surface area contributed by atoms with Gasteiger partial charge in [-0.2, -0.15) is 14.6 Å². The van der Waals surface area contributed by atoms with E-state index in [-0.39, 0.29) is 40.7 Å². The lowest BCUT2D eigenvalue weighted by atomic mass is 9.97. The molecule has 41 heavy (non-hydrogen) atoms. The molecule has 2 N–H and O–H groups in total. The predicted molar refractivity (Wildman–Crippen MR) is 148 cm³/mol. The molecule has 10 nitrogen and oxygen atoms in total. The van der Waals surface area contributed by atoms with Gasteiger partial charge in [0.05, 0.1) is 16.6 Å². The van der Waals surface area contributed by atoms with Crippen molar-refractivity contribution in [2.24, 2.45) is 0 Å². The summed E-state index contributed by atoms with van der Waals surface area (Å²) in [7, 11) is 0. The van der Waals surface area contributed by atoms with Gasteiger partial charge in [-0.1, -0.05) is 23.7 Å². The first-order valence-corrected chi connectivity index (χ1v) is 13.4. The largest absolute Gasteiger partial charge is 0.456 e. The molecule has 0 fully saturated rings. The summed E-state index contributed by atoms with van der Waals surface area (Å²) >= 11 is 5.83. The maximum absolute atomic E-state index is 13.5. The summed E-state index contributed by atoms with van der Waals surface area (Å²) in [5, 5.41) is 9.77. The Morgan fingerprint density at radius 1 is 1.15 bits per heavy atom. The number of carbonyl (C=O) groups is 3. The number of aromatic nitrogens is 4. The lowest BCUT2D eigenvalue weighted by Crippen LogP contribution is -2.31. The summed E-state index contributed by atoms with van der Waals surface area (Å²) in [5.74, 6) is -1.88. The maximum Gasteiger partial charge on any atom is 0.338 e. The van der Waals surface area contributed by atoms with Gasteiger partial charge in [-0.3, -0.25) is 9.59 Å². The number of nitrogens with one attached hydrogen (secondary N) is 2. The fraction of sp³-hybridized carbons (Fsp3) is 0.310. The van der Waals surface area contributed by atoms with E-state index in [2.05, 4.69) is 25.7 Å². The van der Waals surface area contributed by atoms with Gasteiger partial charge in [0.1, 0.15) is 29.1 Å². The van der Waals surface area contributed by atoms with E-state index in [9.17, 15) is 18.8 Å². The summed E-state index contributed by atoms with van der Waals surface area (Å²) in [6.45, 7) is 7.42. The van der Waals surface area contributed by atoms with E-state index in [1.54, 1.807) is 6.07 Å². The molecule has 0 saturated heterocycles. The van der Waals surface area contributed by atoms with Crippen LogP contribution in [0.2, 0.25) is 5.02 Å². The molecule has 2 heterocycles. The van der Waals surface area contributed by atoms with Crippen LogP contribution in [0, 0.1) is 12.7 Å². The summed E-state index contributed by atoms with van der Waals surface area (Å²) in [6, 6.07) is 8.75. The van der Waals surface area contributed by atoms with Crippen molar-refractivity contribution in [3.8, 4) is 0 Å².